The van der Waals surface area contributed by atoms with E-state index in [4.69, 9.17) is 0 Å². The highest BCUT2D eigenvalue weighted by atomic mass is 19.4. The molecule has 4 heterocycles. The number of pyridine rings is 1. The van der Waals surface area contributed by atoms with Crippen LogP contribution in [0.3, 0.4) is 0 Å². The molecule has 0 saturated carbocycles. The van der Waals surface area contributed by atoms with Gasteiger partial charge in [0.05, 0.1) is 0 Å². The number of alkyl halides is 3. The second kappa shape index (κ2) is 6.30. The van der Waals surface area contributed by atoms with E-state index in [1.807, 2.05) is 6.07 Å². The van der Waals surface area contributed by atoms with Crippen molar-refractivity contribution < 1.29 is 18.3 Å². The van der Waals surface area contributed by atoms with Crippen LogP contribution in [0.4, 0.5) is 13.2 Å². The summed E-state index contributed by atoms with van der Waals surface area (Å²) in [5.74, 6) is 0.292. The first-order chi connectivity index (χ1) is 12.7. The van der Waals surface area contributed by atoms with E-state index in [0.29, 0.717) is 36.4 Å². The SMILES string of the molecule is CC1(O)C=C(c2ccnc3[nH]ccc23)C=C(N2CCCCC2C(F)(F)F)N1. The molecule has 1 saturated heterocycles. The van der Waals surface area contributed by atoms with Gasteiger partial charge in [0.25, 0.3) is 0 Å². The topological polar surface area (TPSA) is 64.2 Å². The lowest BCUT2D eigenvalue weighted by molar-refractivity contribution is -0.187. The largest absolute Gasteiger partial charge is 0.408 e. The highest BCUT2D eigenvalue weighted by Gasteiger charge is 2.46. The van der Waals surface area contributed by atoms with Gasteiger partial charge in [-0.3, -0.25) is 0 Å². The molecule has 2 aromatic heterocycles. The Labute approximate surface area is 154 Å². The maximum atomic E-state index is 13.5. The quantitative estimate of drug-likeness (QED) is 0.748. The molecule has 4 rings (SSSR count). The highest BCUT2D eigenvalue weighted by Crippen LogP contribution is 2.37. The number of piperidine rings is 1. The molecule has 0 aromatic carbocycles. The van der Waals surface area contributed by atoms with Crippen molar-refractivity contribution in [2.45, 2.75) is 44.1 Å². The molecule has 0 spiro atoms. The Balaban J connectivity index is 1.78. The molecule has 0 bridgehead atoms. The van der Waals surface area contributed by atoms with Crippen LogP contribution in [-0.2, 0) is 0 Å². The first-order valence-electron chi connectivity index (χ1n) is 8.95. The number of hydrogen-bond donors (Lipinski definition) is 3. The van der Waals surface area contributed by atoms with Gasteiger partial charge in [0, 0.05) is 24.3 Å². The van der Waals surface area contributed by atoms with E-state index in [9.17, 15) is 18.3 Å². The number of allylic oxidation sites excluding steroid dienone is 2. The summed E-state index contributed by atoms with van der Waals surface area (Å²) in [4.78, 5) is 8.60. The van der Waals surface area contributed by atoms with Gasteiger partial charge in [0.2, 0.25) is 0 Å². The number of fused-ring (bicyclic) bond motifs is 1. The monoisotopic (exact) mass is 378 g/mol. The molecule has 0 amide bonds. The van der Waals surface area contributed by atoms with E-state index in [-0.39, 0.29) is 6.42 Å². The lowest BCUT2D eigenvalue weighted by Crippen LogP contribution is -2.54. The number of H-pyrrole nitrogens is 1. The zero-order valence-corrected chi connectivity index (χ0v) is 14.8. The molecule has 8 heteroatoms. The normalized spacial score (nSPS) is 26.6. The number of aliphatic hydroxyl groups is 1. The van der Waals surface area contributed by atoms with Crippen LogP contribution < -0.4 is 5.32 Å². The van der Waals surface area contributed by atoms with Gasteiger partial charge >= 0.3 is 6.18 Å². The maximum absolute atomic E-state index is 13.5. The Kier molecular flexibility index (Phi) is 4.18. The molecule has 3 N–H and O–H groups in total. The van der Waals surface area contributed by atoms with Crippen LogP contribution in [0.25, 0.3) is 16.6 Å². The third kappa shape index (κ3) is 3.41. The number of likely N-dealkylation sites (tertiary alicyclic amines) is 1. The molecular weight excluding hydrogens is 357 g/mol. The lowest BCUT2D eigenvalue weighted by Gasteiger charge is -2.43. The summed E-state index contributed by atoms with van der Waals surface area (Å²) >= 11 is 0. The fourth-order valence-electron chi connectivity index (χ4n) is 3.91. The molecule has 2 atom stereocenters. The molecule has 0 aliphatic carbocycles. The molecule has 2 aliphatic rings. The van der Waals surface area contributed by atoms with Crippen molar-refractivity contribution in [3.63, 3.8) is 0 Å². The van der Waals surface area contributed by atoms with Crippen molar-refractivity contribution in [2.75, 3.05) is 6.54 Å². The van der Waals surface area contributed by atoms with Crippen LogP contribution in [0.15, 0.2) is 42.5 Å². The fraction of sp³-hybridized carbons (Fsp3) is 0.421. The van der Waals surface area contributed by atoms with E-state index in [0.717, 1.165) is 10.9 Å². The minimum Gasteiger partial charge on any atom is -0.368 e. The van der Waals surface area contributed by atoms with Crippen molar-refractivity contribution in [3.8, 4) is 0 Å². The van der Waals surface area contributed by atoms with Gasteiger partial charge in [0.15, 0.2) is 5.72 Å². The summed E-state index contributed by atoms with van der Waals surface area (Å²) in [7, 11) is 0. The number of aromatic amines is 1. The molecule has 144 valence electrons. The summed E-state index contributed by atoms with van der Waals surface area (Å²) in [6, 6.07) is 2.11. The standard InChI is InChI=1S/C19H21F3N4O/c1-18(27)11-12(13-5-7-23-17-14(13)6-8-24-17)10-16(25-18)26-9-3-2-4-15(26)19(20,21)22/h5-8,10-11,15,25,27H,2-4,9H2,1H3,(H,23,24). The average Bonchev–Trinajstić information content (AvgIpc) is 3.08. The second-order valence-electron chi connectivity index (χ2n) is 7.25. The van der Waals surface area contributed by atoms with Crippen molar-refractivity contribution in [2.24, 2.45) is 0 Å². The van der Waals surface area contributed by atoms with Gasteiger partial charge in [-0.25, -0.2) is 4.98 Å². The van der Waals surface area contributed by atoms with Crippen LogP contribution >= 0.6 is 0 Å². The van der Waals surface area contributed by atoms with Crippen LogP contribution in [0.2, 0.25) is 0 Å². The molecule has 1 fully saturated rings. The molecular formula is C19H21F3N4O. The molecule has 27 heavy (non-hydrogen) atoms. The molecule has 2 aromatic rings. The Morgan fingerprint density at radius 3 is 2.89 bits per heavy atom. The number of nitrogens with zero attached hydrogens (tertiary/aromatic N) is 2. The van der Waals surface area contributed by atoms with Gasteiger partial charge in [0.1, 0.15) is 17.5 Å². The average molecular weight is 378 g/mol. The van der Waals surface area contributed by atoms with Crippen LogP contribution in [0, 0.1) is 0 Å². The van der Waals surface area contributed by atoms with E-state index >= 15 is 0 Å². The number of nitrogens with one attached hydrogen (secondary N) is 2. The molecule has 0 radical (unpaired) electrons. The number of rotatable bonds is 2. The minimum atomic E-state index is -4.32. The van der Waals surface area contributed by atoms with Crippen molar-refractivity contribution in [3.05, 3.63) is 48.1 Å². The predicted octanol–water partition coefficient (Wildman–Crippen LogP) is 3.52. The van der Waals surface area contributed by atoms with E-state index in [2.05, 4.69) is 15.3 Å². The van der Waals surface area contributed by atoms with Gasteiger partial charge in [-0.15, -0.1) is 0 Å². The molecule has 2 aliphatic heterocycles. The van der Waals surface area contributed by atoms with Crippen molar-refractivity contribution in [1.29, 1.82) is 0 Å². The van der Waals surface area contributed by atoms with E-state index < -0.39 is 17.9 Å². The Bertz CT molecular complexity index is 913. The number of halogens is 3. The van der Waals surface area contributed by atoms with Crippen molar-refractivity contribution >= 4 is 16.6 Å². The van der Waals surface area contributed by atoms with Gasteiger partial charge < -0.3 is 20.3 Å². The third-order valence-corrected chi connectivity index (χ3v) is 5.07. The maximum Gasteiger partial charge on any atom is 0.408 e. The number of dihydropyridines is 1. The minimum absolute atomic E-state index is 0.0566. The summed E-state index contributed by atoms with van der Waals surface area (Å²) < 4.78 is 40.6. The predicted molar refractivity (Wildman–Crippen MR) is 96.3 cm³/mol. The number of aromatic nitrogens is 2. The van der Waals surface area contributed by atoms with E-state index in [1.165, 1.54) is 11.8 Å². The van der Waals surface area contributed by atoms with Gasteiger partial charge in [-0.05, 0) is 61.6 Å². The van der Waals surface area contributed by atoms with E-state index in [1.54, 1.807) is 30.6 Å². The smallest absolute Gasteiger partial charge is 0.368 e. The van der Waals surface area contributed by atoms with Crippen molar-refractivity contribution in [1.82, 2.24) is 20.2 Å². The summed E-state index contributed by atoms with van der Waals surface area (Å²) in [5.41, 5.74) is 0.694. The number of hydrogen-bond acceptors (Lipinski definition) is 4. The Morgan fingerprint density at radius 2 is 2.11 bits per heavy atom. The van der Waals surface area contributed by atoms with Crippen LogP contribution in [0.5, 0.6) is 0 Å². The zero-order chi connectivity index (χ0) is 19.2. The summed E-state index contributed by atoms with van der Waals surface area (Å²) in [5, 5.41) is 14.4. The van der Waals surface area contributed by atoms with Gasteiger partial charge in [-0.2, -0.15) is 13.2 Å². The lowest BCUT2D eigenvalue weighted by atomic mass is 9.95. The summed E-state index contributed by atoms with van der Waals surface area (Å²) in [6.45, 7) is 1.82. The fourth-order valence-corrected chi connectivity index (χ4v) is 3.91. The van der Waals surface area contributed by atoms with Crippen LogP contribution in [0.1, 0.15) is 31.7 Å². The zero-order valence-electron chi connectivity index (χ0n) is 14.8. The first-order valence-corrected chi connectivity index (χ1v) is 8.95. The van der Waals surface area contributed by atoms with Gasteiger partial charge in [-0.1, -0.05) is 0 Å². The van der Waals surface area contributed by atoms with Crippen LogP contribution in [-0.4, -0.2) is 44.5 Å². The molecule has 2 unspecified atom stereocenters. The highest BCUT2D eigenvalue weighted by molar-refractivity contribution is 5.93. The molecule has 5 nitrogen and oxygen atoms in total. The Morgan fingerprint density at radius 1 is 1.30 bits per heavy atom. The summed E-state index contributed by atoms with van der Waals surface area (Å²) in [6.07, 6.45) is 3.66. The Hall–Kier alpha value is -2.48. The second-order valence-corrected chi connectivity index (χ2v) is 7.25. The third-order valence-electron chi connectivity index (χ3n) is 5.07. The first kappa shape index (κ1) is 17.9.